The summed E-state index contributed by atoms with van der Waals surface area (Å²) in [4.78, 5) is 14.5. The van der Waals surface area contributed by atoms with E-state index in [2.05, 4.69) is 36.1 Å². The van der Waals surface area contributed by atoms with Crippen LogP contribution in [-0.2, 0) is 11.3 Å². The van der Waals surface area contributed by atoms with E-state index in [1.165, 1.54) is 5.56 Å². The number of aliphatic hydroxyl groups excluding tert-OH is 1. The topological polar surface area (TPSA) is 49.8 Å². The van der Waals surface area contributed by atoms with Gasteiger partial charge in [0.2, 0.25) is 0 Å². The maximum absolute atomic E-state index is 12.1. The van der Waals surface area contributed by atoms with Gasteiger partial charge >= 0.3 is 5.97 Å². The highest BCUT2D eigenvalue weighted by atomic mass is 16.5. The Morgan fingerprint density at radius 3 is 2.65 bits per heavy atom. The molecule has 4 nitrogen and oxygen atoms in total. The van der Waals surface area contributed by atoms with Crippen molar-refractivity contribution in [2.75, 3.05) is 26.3 Å². The molecule has 0 aliphatic carbocycles. The number of ether oxygens (including phenoxy) is 1. The Hall–Kier alpha value is -2.17. The summed E-state index contributed by atoms with van der Waals surface area (Å²) in [6, 6.07) is 16.2. The fraction of sp³-hybridized carbons (Fsp3) is 0.409. The number of benzene rings is 2. The zero-order chi connectivity index (χ0) is 18.5. The van der Waals surface area contributed by atoms with Crippen molar-refractivity contribution in [1.29, 1.82) is 0 Å². The van der Waals surface area contributed by atoms with E-state index in [0.29, 0.717) is 12.2 Å². The van der Waals surface area contributed by atoms with Gasteiger partial charge in [0.05, 0.1) is 12.2 Å². The van der Waals surface area contributed by atoms with Crippen molar-refractivity contribution >= 4 is 5.97 Å². The molecule has 0 aromatic heterocycles. The Labute approximate surface area is 155 Å². The van der Waals surface area contributed by atoms with Crippen LogP contribution in [0.15, 0.2) is 48.5 Å². The van der Waals surface area contributed by atoms with Gasteiger partial charge in [-0.05, 0) is 42.7 Å². The Bertz CT molecular complexity index is 744. The number of likely N-dealkylation sites (tertiary alicyclic amines) is 1. The van der Waals surface area contributed by atoms with E-state index in [1.54, 1.807) is 0 Å². The van der Waals surface area contributed by atoms with Gasteiger partial charge in [0, 0.05) is 38.1 Å². The average Bonchev–Trinajstić information content (AvgIpc) is 3.05. The third-order valence-electron chi connectivity index (χ3n) is 5.19. The molecule has 0 amide bonds. The van der Waals surface area contributed by atoms with E-state index < -0.39 is 0 Å². The zero-order valence-electron chi connectivity index (χ0n) is 15.5. The van der Waals surface area contributed by atoms with Gasteiger partial charge in [-0.15, -0.1) is 0 Å². The van der Waals surface area contributed by atoms with E-state index in [1.807, 2.05) is 31.2 Å². The first-order chi connectivity index (χ1) is 12.6. The number of aryl methyl sites for hydroxylation is 1. The van der Waals surface area contributed by atoms with Gasteiger partial charge in [-0.25, -0.2) is 4.79 Å². The molecular formula is C22H27NO3. The van der Waals surface area contributed by atoms with Crippen molar-refractivity contribution in [3.05, 3.63) is 70.8 Å². The Morgan fingerprint density at radius 1 is 1.19 bits per heavy atom. The van der Waals surface area contributed by atoms with Crippen LogP contribution in [0.25, 0.3) is 0 Å². The number of carbonyl (C=O) groups excluding carboxylic acids is 1. The van der Waals surface area contributed by atoms with Crippen LogP contribution >= 0.6 is 0 Å². The van der Waals surface area contributed by atoms with Crippen molar-refractivity contribution in [2.45, 2.75) is 26.3 Å². The standard InChI is InChI=1S/C22H27NO3/c1-3-26-22(25)18-10-9-16(2)20(11-18)21-14-23(13-19(21)15-24)12-17-7-5-4-6-8-17/h4-11,19,21,24H,3,12-15H2,1-2H3/t19-,21+/m1/s1. The lowest BCUT2D eigenvalue weighted by molar-refractivity contribution is 0.0526. The second-order valence-electron chi connectivity index (χ2n) is 7.02. The maximum atomic E-state index is 12.1. The number of esters is 1. The third-order valence-corrected chi connectivity index (χ3v) is 5.19. The molecule has 3 rings (SSSR count). The normalized spacial score (nSPS) is 20.3. The van der Waals surface area contributed by atoms with Gasteiger partial charge < -0.3 is 9.84 Å². The lowest BCUT2D eigenvalue weighted by Crippen LogP contribution is -2.20. The SMILES string of the molecule is CCOC(=O)c1ccc(C)c([C@H]2CN(Cc3ccccc3)C[C@@H]2CO)c1. The van der Waals surface area contributed by atoms with E-state index in [0.717, 1.165) is 30.8 Å². The van der Waals surface area contributed by atoms with E-state index in [4.69, 9.17) is 4.74 Å². The summed E-state index contributed by atoms with van der Waals surface area (Å²) in [7, 11) is 0. The molecule has 4 heteroatoms. The Balaban J connectivity index is 1.81. The first-order valence-corrected chi connectivity index (χ1v) is 9.27. The number of rotatable bonds is 6. The van der Waals surface area contributed by atoms with Crippen LogP contribution in [-0.4, -0.2) is 42.3 Å². The van der Waals surface area contributed by atoms with Gasteiger partial charge in [0.15, 0.2) is 0 Å². The second-order valence-corrected chi connectivity index (χ2v) is 7.02. The van der Waals surface area contributed by atoms with Crippen LogP contribution in [0.3, 0.4) is 0 Å². The molecular weight excluding hydrogens is 326 g/mol. The molecule has 26 heavy (non-hydrogen) atoms. The van der Waals surface area contributed by atoms with Crippen LogP contribution in [0.4, 0.5) is 0 Å². The quantitative estimate of drug-likeness (QED) is 0.809. The number of aliphatic hydroxyl groups is 1. The summed E-state index contributed by atoms with van der Waals surface area (Å²) in [6.45, 7) is 7.03. The smallest absolute Gasteiger partial charge is 0.338 e. The fourth-order valence-electron chi connectivity index (χ4n) is 3.85. The highest BCUT2D eigenvalue weighted by molar-refractivity contribution is 5.89. The van der Waals surface area contributed by atoms with Crippen molar-refractivity contribution in [3.63, 3.8) is 0 Å². The van der Waals surface area contributed by atoms with Crippen LogP contribution in [0, 0.1) is 12.8 Å². The molecule has 1 heterocycles. The molecule has 1 aliphatic heterocycles. The van der Waals surface area contributed by atoms with E-state index >= 15 is 0 Å². The monoisotopic (exact) mass is 353 g/mol. The largest absolute Gasteiger partial charge is 0.462 e. The molecule has 0 spiro atoms. The minimum Gasteiger partial charge on any atom is -0.462 e. The molecule has 0 radical (unpaired) electrons. The van der Waals surface area contributed by atoms with Crippen molar-refractivity contribution in [2.24, 2.45) is 5.92 Å². The molecule has 0 bridgehead atoms. The number of carbonyl (C=O) groups is 1. The molecule has 0 unspecified atom stereocenters. The van der Waals surface area contributed by atoms with Crippen LogP contribution in [0.5, 0.6) is 0 Å². The minimum atomic E-state index is -0.284. The maximum Gasteiger partial charge on any atom is 0.338 e. The first-order valence-electron chi connectivity index (χ1n) is 9.27. The molecule has 138 valence electrons. The number of hydrogen-bond acceptors (Lipinski definition) is 4. The Kier molecular flexibility index (Phi) is 6.07. The van der Waals surface area contributed by atoms with Crippen molar-refractivity contribution in [1.82, 2.24) is 4.90 Å². The summed E-state index contributed by atoms with van der Waals surface area (Å²) in [5.74, 6) is 0.112. The minimum absolute atomic E-state index is 0.152. The van der Waals surface area contributed by atoms with Crippen LogP contribution in [0.2, 0.25) is 0 Å². The summed E-state index contributed by atoms with van der Waals surface area (Å²) >= 11 is 0. The third kappa shape index (κ3) is 4.14. The van der Waals surface area contributed by atoms with Gasteiger partial charge in [-0.2, -0.15) is 0 Å². The van der Waals surface area contributed by atoms with Gasteiger partial charge in [-0.1, -0.05) is 36.4 Å². The molecule has 2 atom stereocenters. The number of nitrogens with zero attached hydrogens (tertiary/aromatic N) is 1. The van der Waals surface area contributed by atoms with Crippen molar-refractivity contribution < 1.29 is 14.6 Å². The summed E-state index contributed by atoms with van der Waals surface area (Å²) < 4.78 is 5.14. The summed E-state index contributed by atoms with van der Waals surface area (Å²) in [5, 5.41) is 9.92. The molecule has 2 aromatic carbocycles. The lowest BCUT2D eigenvalue weighted by Gasteiger charge is -2.20. The average molecular weight is 353 g/mol. The first kappa shape index (κ1) is 18.6. The zero-order valence-corrected chi connectivity index (χ0v) is 15.5. The number of hydrogen-bond donors (Lipinski definition) is 1. The van der Waals surface area contributed by atoms with E-state index in [9.17, 15) is 9.90 Å². The highest BCUT2D eigenvalue weighted by Gasteiger charge is 2.34. The fourth-order valence-corrected chi connectivity index (χ4v) is 3.85. The molecule has 1 saturated heterocycles. The molecule has 1 N–H and O–H groups in total. The summed E-state index contributed by atoms with van der Waals surface area (Å²) in [6.07, 6.45) is 0. The van der Waals surface area contributed by atoms with Crippen LogP contribution < -0.4 is 0 Å². The van der Waals surface area contributed by atoms with Gasteiger partial charge in [0.25, 0.3) is 0 Å². The van der Waals surface area contributed by atoms with Crippen molar-refractivity contribution in [3.8, 4) is 0 Å². The molecule has 0 saturated carbocycles. The lowest BCUT2D eigenvalue weighted by atomic mass is 9.86. The second kappa shape index (κ2) is 8.47. The van der Waals surface area contributed by atoms with Crippen LogP contribution in [0.1, 0.15) is 39.9 Å². The predicted molar refractivity (Wildman–Crippen MR) is 102 cm³/mol. The highest BCUT2D eigenvalue weighted by Crippen LogP contribution is 2.35. The molecule has 1 aliphatic rings. The molecule has 1 fully saturated rings. The van der Waals surface area contributed by atoms with E-state index in [-0.39, 0.29) is 24.4 Å². The Morgan fingerprint density at radius 2 is 1.96 bits per heavy atom. The van der Waals surface area contributed by atoms with Gasteiger partial charge in [-0.3, -0.25) is 4.90 Å². The molecule has 2 aromatic rings. The van der Waals surface area contributed by atoms with Gasteiger partial charge in [0.1, 0.15) is 0 Å². The predicted octanol–water partition coefficient (Wildman–Crippen LogP) is 3.38. The summed E-state index contributed by atoms with van der Waals surface area (Å²) in [5.41, 5.74) is 4.17.